The molecule has 19 heavy (non-hydrogen) atoms. The lowest BCUT2D eigenvalue weighted by Crippen LogP contribution is -2.40. The maximum atomic E-state index is 9.54. The van der Waals surface area contributed by atoms with E-state index in [0.29, 0.717) is 24.8 Å². The second kappa shape index (κ2) is 7.63. The number of guanidine groups is 1. The summed E-state index contributed by atoms with van der Waals surface area (Å²) in [5.74, 6) is 1.90. The zero-order chi connectivity index (χ0) is 13.0. The Bertz CT molecular complexity index is 423. The molecule has 0 aromatic carbocycles. The predicted octanol–water partition coefficient (Wildman–Crippen LogP) is 0.528. The first-order valence-electron chi connectivity index (χ1n) is 6.19. The van der Waals surface area contributed by atoms with Gasteiger partial charge in [-0.25, -0.2) is 4.99 Å². The van der Waals surface area contributed by atoms with Crippen molar-refractivity contribution < 1.29 is 9.63 Å². The molecule has 0 aliphatic carbocycles. The first kappa shape index (κ1) is 16.2. The van der Waals surface area contributed by atoms with Gasteiger partial charge in [-0.15, -0.1) is 24.0 Å². The quantitative estimate of drug-likeness (QED) is 0.451. The van der Waals surface area contributed by atoms with Crippen molar-refractivity contribution in [2.24, 2.45) is 4.99 Å². The third-order valence-corrected chi connectivity index (χ3v) is 2.74. The van der Waals surface area contributed by atoms with Crippen LogP contribution >= 0.6 is 24.0 Å². The molecule has 2 N–H and O–H groups in total. The SMILES string of the molecule is CCNC(=NCc1noc(C)n1)N1CC[C@@H](O)C1.I. The molecular formula is C11H20IN5O2. The van der Waals surface area contributed by atoms with Crippen molar-refractivity contribution in [3.8, 4) is 0 Å². The van der Waals surface area contributed by atoms with E-state index in [1.165, 1.54) is 0 Å². The Morgan fingerprint density at radius 1 is 1.63 bits per heavy atom. The van der Waals surface area contributed by atoms with Gasteiger partial charge in [0.2, 0.25) is 5.89 Å². The molecule has 0 bridgehead atoms. The zero-order valence-corrected chi connectivity index (χ0v) is 13.5. The van der Waals surface area contributed by atoms with Gasteiger partial charge in [-0.3, -0.25) is 0 Å². The van der Waals surface area contributed by atoms with Gasteiger partial charge in [-0.1, -0.05) is 5.16 Å². The van der Waals surface area contributed by atoms with Crippen LogP contribution in [0.3, 0.4) is 0 Å². The molecule has 108 valence electrons. The molecule has 1 aliphatic rings. The Morgan fingerprint density at radius 3 is 2.95 bits per heavy atom. The summed E-state index contributed by atoms with van der Waals surface area (Å²) < 4.78 is 4.89. The lowest BCUT2D eigenvalue weighted by atomic mass is 10.3. The number of hydrogen-bond donors (Lipinski definition) is 2. The summed E-state index contributed by atoms with van der Waals surface area (Å²) >= 11 is 0. The minimum absolute atomic E-state index is 0. The number of nitrogens with one attached hydrogen (secondary N) is 1. The number of β-amino-alcohol motifs (C(OH)–C–C–N with tert-alkyl or cyclic N) is 1. The van der Waals surface area contributed by atoms with Gasteiger partial charge in [-0.2, -0.15) is 4.98 Å². The van der Waals surface area contributed by atoms with Crippen LogP contribution in [0.2, 0.25) is 0 Å². The number of aromatic nitrogens is 2. The van der Waals surface area contributed by atoms with Gasteiger partial charge >= 0.3 is 0 Å². The first-order chi connectivity index (χ1) is 8.69. The molecule has 2 rings (SSSR count). The second-order valence-corrected chi connectivity index (χ2v) is 4.29. The van der Waals surface area contributed by atoms with E-state index in [2.05, 4.69) is 20.4 Å². The van der Waals surface area contributed by atoms with Gasteiger partial charge in [0.1, 0.15) is 6.54 Å². The molecule has 1 fully saturated rings. The monoisotopic (exact) mass is 381 g/mol. The van der Waals surface area contributed by atoms with E-state index in [4.69, 9.17) is 4.52 Å². The number of aliphatic hydroxyl groups is 1. The number of rotatable bonds is 3. The van der Waals surface area contributed by atoms with Crippen LogP contribution in [0.25, 0.3) is 0 Å². The highest BCUT2D eigenvalue weighted by atomic mass is 127. The normalized spacial score (nSPS) is 19.4. The number of aliphatic imine (C=N–C) groups is 1. The van der Waals surface area contributed by atoms with Gasteiger partial charge < -0.3 is 19.8 Å². The molecule has 1 aliphatic heterocycles. The largest absolute Gasteiger partial charge is 0.391 e. The van der Waals surface area contributed by atoms with E-state index >= 15 is 0 Å². The third kappa shape index (κ3) is 4.60. The van der Waals surface area contributed by atoms with Crippen molar-refractivity contribution in [3.05, 3.63) is 11.7 Å². The highest BCUT2D eigenvalue weighted by Gasteiger charge is 2.22. The molecule has 2 heterocycles. The Labute approximate surface area is 129 Å². The third-order valence-electron chi connectivity index (χ3n) is 2.74. The molecule has 7 nitrogen and oxygen atoms in total. The maximum Gasteiger partial charge on any atom is 0.223 e. The van der Waals surface area contributed by atoms with Crippen LogP contribution in [0, 0.1) is 6.92 Å². The molecule has 0 spiro atoms. The van der Waals surface area contributed by atoms with E-state index in [1.807, 2.05) is 11.8 Å². The lowest BCUT2D eigenvalue weighted by molar-refractivity contribution is 0.188. The van der Waals surface area contributed by atoms with E-state index in [-0.39, 0.29) is 30.1 Å². The predicted molar refractivity (Wildman–Crippen MR) is 81.5 cm³/mol. The highest BCUT2D eigenvalue weighted by molar-refractivity contribution is 14.0. The fourth-order valence-electron chi connectivity index (χ4n) is 1.91. The van der Waals surface area contributed by atoms with Crippen LogP contribution in [0.1, 0.15) is 25.1 Å². The van der Waals surface area contributed by atoms with Crippen molar-refractivity contribution >= 4 is 29.9 Å². The topological polar surface area (TPSA) is 86.8 Å². The summed E-state index contributed by atoms with van der Waals surface area (Å²) in [6.45, 7) is 6.38. The number of aliphatic hydroxyl groups excluding tert-OH is 1. The lowest BCUT2D eigenvalue weighted by Gasteiger charge is -2.20. The Kier molecular flexibility index (Phi) is 6.49. The van der Waals surface area contributed by atoms with E-state index < -0.39 is 0 Å². The number of hydrogen-bond acceptors (Lipinski definition) is 5. The van der Waals surface area contributed by atoms with Crippen molar-refractivity contribution in [2.75, 3.05) is 19.6 Å². The molecule has 0 unspecified atom stereocenters. The zero-order valence-electron chi connectivity index (χ0n) is 11.2. The summed E-state index contributed by atoms with van der Waals surface area (Å²) in [4.78, 5) is 10.6. The van der Waals surface area contributed by atoms with Crippen LogP contribution in [0.15, 0.2) is 9.52 Å². The van der Waals surface area contributed by atoms with Crippen LogP contribution in [0.4, 0.5) is 0 Å². The standard InChI is InChI=1S/C11H19N5O2.HI/c1-3-12-11(16-5-4-9(17)7-16)13-6-10-14-8(2)18-15-10;/h9,17H,3-7H2,1-2H3,(H,12,13);1H/t9-;/m1./s1. The number of nitrogens with zero attached hydrogens (tertiary/aromatic N) is 4. The average Bonchev–Trinajstić information content (AvgIpc) is 2.94. The van der Waals surface area contributed by atoms with Crippen molar-refractivity contribution in [2.45, 2.75) is 32.9 Å². The maximum absolute atomic E-state index is 9.54. The van der Waals surface area contributed by atoms with Gasteiger partial charge in [-0.05, 0) is 13.3 Å². The van der Waals surface area contributed by atoms with Crippen LogP contribution in [-0.2, 0) is 6.54 Å². The molecule has 0 radical (unpaired) electrons. The van der Waals surface area contributed by atoms with Crippen molar-refractivity contribution in [3.63, 3.8) is 0 Å². The summed E-state index contributed by atoms with van der Waals surface area (Å²) in [6, 6.07) is 0. The molecule has 8 heteroatoms. The van der Waals surface area contributed by atoms with Crippen molar-refractivity contribution in [1.29, 1.82) is 0 Å². The summed E-state index contributed by atoms with van der Waals surface area (Å²) in [6.07, 6.45) is 0.521. The summed E-state index contributed by atoms with van der Waals surface area (Å²) in [7, 11) is 0. The molecule has 1 aromatic heterocycles. The van der Waals surface area contributed by atoms with E-state index in [1.54, 1.807) is 6.92 Å². The highest BCUT2D eigenvalue weighted by Crippen LogP contribution is 2.09. The minimum Gasteiger partial charge on any atom is -0.391 e. The molecule has 1 aromatic rings. The fraction of sp³-hybridized carbons (Fsp3) is 0.727. The Morgan fingerprint density at radius 2 is 2.42 bits per heavy atom. The first-order valence-corrected chi connectivity index (χ1v) is 6.19. The van der Waals surface area contributed by atoms with Gasteiger partial charge in [0.15, 0.2) is 11.8 Å². The van der Waals surface area contributed by atoms with E-state index in [9.17, 15) is 5.11 Å². The van der Waals surface area contributed by atoms with Gasteiger partial charge in [0.25, 0.3) is 0 Å². The van der Waals surface area contributed by atoms with Crippen LogP contribution in [-0.4, -0.2) is 51.8 Å². The molecule has 0 saturated carbocycles. The Balaban J connectivity index is 0.00000180. The Hall–Kier alpha value is -0.900. The minimum atomic E-state index is -0.263. The van der Waals surface area contributed by atoms with Crippen LogP contribution in [0.5, 0.6) is 0 Å². The fourth-order valence-corrected chi connectivity index (χ4v) is 1.91. The number of aryl methyl sites for hydroxylation is 1. The average molecular weight is 381 g/mol. The van der Waals surface area contributed by atoms with Gasteiger partial charge in [0, 0.05) is 26.6 Å². The molecular weight excluding hydrogens is 361 g/mol. The van der Waals surface area contributed by atoms with Gasteiger partial charge in [0.05, 0.1) is 6.10 Å². The molecule has 0 amide bonds. The van der Waals surface area contributed by atoms with Crippen LogP contribution < -0.4 is 5.32 Å². The summed E-state index contributed by atoms with van der Waals surface area (Å²) in [5, 5.41) is 16.5. The van der Waals surface area contributed by atoms with Crippen molar-refractivity contribution in [1.82, 2.24) is 20.4 Å². The summed E-state index contributed by atoms with van der Waals surface area (Å²) in [5.41, 5.74) is 0. The number of halogens is 1. The van der Waals surface area contributed by atoms with E-state index in [0.717, 1.165) is 25.5 Å². The second-order valence-electron chi connectivity index (χ2n) is 4.29. The smallest absolute Gasteiger partial charge is 0.223 e. The molecule has 1 atom stereocenters. The molecule has 1 saturated heterocycles. The number of likely N-dealkylation sites (tertiary alicyclic amines) is 1.